The number of aliphatic carboxylic acids is 1. The van der Waals surface area contributed by atoms with Crippen LogP contribution in [-0.2, 0) is 37.5 Å². The zero-order chi connectivity index (χ0) is 41.4. The summed E-state index contributed by atoms with van der Waals surface area (Å²) in [5, 5.41) is 8.87. The van der Waals surface area contributed by atoms with Crippen LogP contribution in [-0.4, -0.2) is 59.9 Å². The van der Waals surface area contributed by atoms with Gasteiger partial charge < -0.3 is 25.2 Å². The van der Waals surface area contributed by atoms with E-state index in [-0.39, 0.29) is 19.4 Å². The normalized spacial score (nSPS) is 15.1. The van der Waals surface area contributed by atoms with Gasteiger partial charge >= 0.3 is 25.7 Å². The van der Waals surface area contributed by atoms with E-state index < -0.39 is 51.1 Å². The van der Waals surface area contributed by atoms with E-state index in [1.807, 2.05) is 97.2 Å². The molecule has 312 valence electrons. The van der Waals surface area contributed by atoms with Crippen molar-refractivity contribution < 1.29 is 47.5 Å². The third-order valence-electron chi connectivity index (χ3n) is 7.46. The molecule has 0 fully saturated rings. The van der Waals surface area contributed by atoms with Gasteiger partial charge in [-0.2, -0.15) is 0 Å². The van der Waals surface area contributed by atoms with E-state index in [1.54, 1.807) is 0 Å². The molecule has 0 saturated heterocycles. The molecule has 0 aliphatic carbocycles. The van der Waals surface area contributed by atoms with Crippen LogP contribution in [0.4, 0.5) is 0 Å². The highest BCUT2D eigenvalue weighted by Crippen LogP contribution is 2.43. The molecule has 0 rings (SSSR count). The topological polar surface area (TPSA) is 172 Å². The third-order valence-corrected chi connectivity index (χ3v) is 8.41. The lowest BCUT2D eigenvalue weighted by molar-refractivity contribution is -0.161. The molecule has 0 amide bonds. The summed E-state index contributed by atoms with van der Waals surface area (Å²) in [6, 6.07) is -1.54. The zero-order valence-electron chi connectivity index (χ0n) is 33.4. The minimum absolute atomic E-state index is 0.118. The zero-order valence-corrected chi connectivity index (χ0v) is 34.3. The maximum absolute atomic E-state index is 12.6. The number of phosphoric ester groups is 1. The van der Waals surface area contributed by atoms with E-state index >= 15 is 0 Å². The van der Waals surface area contributed by atoms with Crippen molar-refractivity contribution in [1.29, 1.82) is 0 Å². The Kier molecular flexibility index (Phi) is 35.0. The number of rotatable bonds is 34. The largest absolute Gasteiger partial charge is 0.480 e. The van der Waals surface area contributed by atoms with Gasteiger partial charge in [0, 0.05) is 12.8 Å². The van der Waals surface area contributed by atoms with Gasteiger partial charge in [-0.05, 0) is 51.4 Å². The number of carbonyl (C=O) groups excluding carboxylic acids is 2. The Bertz CT molecular complexity index is 1400. The number of ether oxygens (including phenoxy) is 2. The fourth-order valence-electron chi connectivity index (χ4n) is 4.40. The van der Waals surface area contributed by atoms with Crippen molar-refractivity contribution in [2.75, 3.05) is 19.8 Å². The van der Waals surface area contributed by atoms with Crippen LogP contribution in [0, 0.1) is 0 Å². The Morgan fingerprint density at radius 2 is 0.946 bits per heavy atom. The third kappa shape index (κ3) is 36.8. The monoisotopic (exact) mass is 799 g/mol. The number of hydrogen-bond donors (Lipinski definition) is 3. The molecule has 0 aliphatic rings. The number of esters is 2. The van der Waals surface area contributed by atoms with Gasteiger partial charge in [0.2, 0.25) is 0 Å². The van der Waals surface area contributed by atoms with Crippen molar-refractivity contribution in [3.05, 3.63) is 122 Å². The van der Waals surface area contributed by atoms with Gasteiger partial charge in [-0.15, -0.1) is 0 Å². The number of unbranched alkanes of at least 4 members (excludes halogenated alkanes) is 8. The van der Waals surface area contributed by atoms with Gasteiger partial charge in [0.25, 0.3) is 0 Å². The predicted molar refractivity (Wildman–Crippen MR) is 226 cm³/mol. The van der Waals surface area contributed by atoms with E-state index in [2.05, 4.69) is 42.7 Å². The first-order valence-electron chi connectivity index (χ1n) is 19.7. The van der Waals surface area contributed by atoms with Gasteiger partial charge in [0.05, 0.1) is 13.2 Å². The molecule has 4 N–H and O–H groups in total. The van der Waals surface area contributed by atoms with Gasteiger partial charge in [0.15, 0.2) is 6.10 Å². The number of carbonyl (C=O) groups is 3. The summed E-state index contributed by atoms with van der Waals surface area (Å²) in [5.74, 6) is -2.49. The molecule has 0 aliphatic heterocycles. The number of hydrogen-bond acceptors (Lipinski definition) is 9. The quantitative estimate of drug-likeness (QED) is 0.0245. The van der Waals surface area contributed by atoms with Crippen LogP contribution in [0.3, 0.4) is 0 Å². The molecule has 0 saturated carbocycles. The lowest BCUT2D eigenvalue weighted by Gasteiger charge is -2.20. The molecule has 12 heteroatoms. The van der Waals surface area contributed by atoms with E-state index in [0.29, 0.717) is 12.8 Å². The van der Waals surface area contributed by atoms with Gasteiger partial charge in [-0.1, -0.05) is 161 Å². The summed E-state index contributed by atoms with van der Waals surface area (Å²) in [6.45, 7) is 2.41. The van der Waals surface area contributed by atoms with Gasteiger partial charge in [-0.3, -0.25) is 23.4 Å². The van der Waals surface area contributed by atoms with Gasteiger partial charge in [0.1, 0.15) is 12.6 Å². The fourth-order valence-corrected chi connectivity index (χ4v) is 5.18. The smallest absolute Gasteiger partial charge is 0.472 e. The number of carboxylic acid groups (broad SMARTS) is 1. The van der Waals surface area contributed by atoms with Crippen molar-refractivity contribution in [2.45, 2.75) is 116 Å². The summed E-state index contributed by atoms with van der Waals surface area (Å²) in [7, 11) is -4.74. The summed E-state index contributed by atoms with van der Waals surface area (Å²) in [4.78, 5) is 45.8. The molecule has 56 heavy (non-hydrogen) atoms. The number of phosphoric acid groups is 1. The molecular weight excluding hydrogens is 733 g/mol. The van der Waals surface area contributed by atoms with Crippen LogP contribution < -0.4 is 5.73 Å². The average Bonchev–Trinajstić information content (AvgIpc) is 3.17. The van der Waals surface area contributed by atoms with Crippen molar-refractivity contribution in [3.63, 3.8) is 0 Å². The highest BCUT2D eigenvalue weighted by molar-refractivity contribution is 7.47. The second-order valence-corrected chi connectivity index (χ2v) is 14.0. The summed E-state index contributed by atoms with van der Waals surface area (Å²) in [5.41, 5.74) is 5.31. The van der Waals surface area contributed by atoms with Crippen LogP contribution in [0.15, 0.2) is 122 Å². The molecular formula is C44H66NO10P. The van der Waals surface area contributed by atoms with Gasteiger partial charge in [-0.25, -0.2) is 4.57 Å². The van der Waals surface area contributed by atoms with Crippen molar-refractivity contribution in [3.8, 4) is 0 Å². The second-order valence-electron chi connectivity index (χ2n) is 12.5. The minimum atomic E-state index is -4.74. The highest BCUT2D eigenvalue weighted by atomic mass is 31.2. The molecule has 0 radical (unpaired) electrons. The van der Waals surface area contributed by atoms with Crippen molar-refractivity contribution >= 4 is 25.7 Å². The number of carboxylic acids is 1. The van der Waals surface area contributed by atoms with Crippen LogP contribution in [0.1, 0.15) is 104 Å². The maximum Gasteiger partial charge on any atom is 0.472 e. The van der Waals surface area contributed by atoms with Crippen molar-refractivity contribution in [1.82, 2.24) is 0 Å². The fraction of sp³-hybridized carbons (Fsp3) is 0.477. The van der Waals surface area contributed by atoms with Crippen molar-refractivity contribution in [2.24, 2.45) is 5.73 Å². The molecule has 0 heterocycles. The Balaban J connectivity index is 4.58. The van der Waals surface area contributed by atoms with Crippen LogP contribution in [0.2, 0.25) is 0 Å². The Hall–Kier alpha value is -4.12. The summed E-state index contributed by atoms with van der Waals surface area (Å²) < 4.78 is 32.5. The Labute approximate surface area is 335 Å². The van der Waals surface area contributed by atoms with Crippen LogP contribution >= 0.6 is 7.82 Å². The standard InChI is InChI=1S/C44H66NO10P/c1-3-5-7-9-11-13-15-17-18-19-20-21-22-24-25-27-29-31-33-35-42(46)52-37-40(38-53-56(50,51)54-39-41(45)44(48)49)55-43(47)36-34-32-30-28-26-23-16-14-12-10-8-6-4-2/h5-22,24-25,40-41H,3-4,23,26-39,45H2,1-2H3,(H,48,49)(H,50,51)/b7-5+,8-6+,11-9+,12-10+,15-13+,16-14+,18-17+,20-19+,22-21+,25-24+/t40?,41-/m1/s1. The molecule has 3 atom stereocenters. The van der Waals surface area contributed by atoms with E-state index in [0.717, 1.165) is 64.2 Å². The lowest BCUT2D eigenvalue weighted by atomic mass is 10.1. The van der Waals surface area contributed by atoms with Crippen LogP contribution in [0.25, 0.3) is 0 Å². The Morgan fingerprint density at radius 3 is 1.43 bits per heavy atom. The number of nitrogens with two attached hydrogens (primary N) is 1. The lowest BCUT2D eigenvalue weighted by Crippen LogP contribution is -2.34. The Morgan fingerprint density at radius 1 is 0.554 bits per heavy atom. The predicted octanol–water partition coefficient (Wildman–Crippen LogP) is 10.1. The van der Waals surface area contributed by atoms with E-state index in [4.69, 9.17) is 24.8 Å². The molecule has 0 aromatic carbocycles. The maximum atomic E-state index is 12.6. The first-order valence-corrected chi connectivity index (χ1v) is 21.2. The molecule has 0 aromatic heterocycles. The number of allylic oxidation sites excluding steroid dienone is 20. The highest BCUT2D eigenvalue weighted by Gasteiger charge is 2.28. The molecule has 0 aromatic rings. The molecule has 11 nitrogen and oxygen atoms in total. The SMILES string of the molecule is CC/C=C/C=C/C=C/C=C/C=C/C=C/C=C/CCCCCC(=O)OCC(COP(=O)(O)OC[C@@H](N)C(=O)O)OC(=O)CCCCCCC/C=C/C=C/C=C/CC. The second kappa shape index (κ2) is 37.8. The van der Waals surface area contributed by atoms with E-state index in [9.17, 15) is 23.8 Å². The van der Waals surface area contributed by atoms with Crippen LogP contribution in [0.5, 0.6) is 0 Å². The average molecular weight is 800 g/mol. The molecule has 2 unspecified atom stereocenters. The minimum Gasteiger partial charge on any atom is -0.480 e. The molecule has 0 bridgehead atoms. The molecule has 0 spiro atoms. The first kappa shape index (κ1) is 51.9. The first-order chi connectivity index (χ1) is 27.1. The summed E-state index contributed by atoms with van der Waals surface area (Å²) in [6.07, 6.45) is 49.8. The summed E-state index contributed by atoms with van der Waals surface area (Å²) >= 11 is 0. The van der Waals surface area contributed by atoms with E-state index in [1.165, 1.54) is 0 Å².